The lowest BCUT2D eigenvalue weighted by atomic mass is 10.1. The Bertz CT molecular complexity index is 368. The molecule has 0 saturated carbocycles. The van der Waals surface area contributed by atoms with E-state index in [2.05, 4.69) is 10.4 Å². The van der Waals surface area contributed by atoms with E-state index in [1.165, 1.54) is 5.56 Å². The van der Waals surface area contributed by atoms with Crippen LogP contribution in [-0.4, -0.2) is 28.9 Å². The molecule has 0 unspecified atom stereocenters. The summed E-state index contributed by atoms with van der Waals surface area (Å²) in [5.41, 5.74) is 2.34. The van der Waals surface area contributed by atoms with Crippen LogP contribution in [0.5, 0.6) is 0 Å². The van der Waals surface area contributed by atoms with Gasteiger partial charge in [-0.05, 0) is 6.92 Å². The van der Waals surface area contributed by atoms with Gasteiger partial charge in [-0.1, -0.05) is 0 Å². The van der Waals surface area contributed by atoms with Crippen LogP contribution in [0.15, 0.2) is 6.20 Å². The Morgan fingerprint density at radius 2 is 2.35 bits per heavy atom. The van der Waals surface area contributed by atoms with Gasteiger partial charge in [0.1, 0.15) is 6.54 Å². The van der Waals surface area contributed by atoms with E-state index in [1.807, 2.05) is 6.20 Å². The van der Waals surface area contributed by atoms with Crippen molar-refractivity contribution < 1.29 is 9.53 Å². The number of rotatable bonds is 3. The molecule has 0 spiro atoms. The minimum Gasteiger partial charge on any atom is -0.465 e. The van der Waals surface area contributed by atoms with Gasteiger partial charge in [-0.3, -0.25) is 9.48 Å². The summed E-state index contributed by atoms with van der Waals surface area (Å²) in [5, 5.41) is 7.46. The van der Waals surface area contributed by atoms with Gasteiger partial charge in [0.05, 0.1) is 12.8 Å². The Balaban J connectivity index is 0.00000128. The molecule has 0 saturated heterocycles. The number of halogens is 2. The van der Waals surface area contributed by atoms with E-state index in [4.69, 9.17) is 4.74 Å². The third-order valence-electron chi connectivity index (χ3n) is 2.47. The van der Waals surface area contributed by atoms with E-state index in [0.717, 1.165) is 25.2 Å². The average Bonchev–Trinajstić information content (AvgIpc) is 2.62. The summed E-state index contributed by atoms with van der Waals surface area (Å²) in [6, 6.07) is 0. The van der Waals surface area contributed by atoms with Crippen LogP contribution in [0.1, 0.15) is 18.2 Å². The first-order valence-electron chi connectivity index (χ1n) is 5.21. The van der Waals surface area contributed by atoms with Crippen molar-refractivity contribution in [3.8, 4) is 0 Å². The number of carbonyl (C=O) groups is 1. The minimum absolute atomic E-state index is 0. The molecule has 0 aromatic carbocycles. The predicted molar refractivity (Wildman–Crippen MR) is 68.8 cm³/mol. The molecule has 1 aromatic heterocycles. The molecular weight excluding hydrogens is 265 g/mol. The van der Waals surface area contributed by atoms with Gasteiger partial charge in [0.2, 0.25) is 0 Å². The summed E-state index contributed by atoms with van der Waals surface area (Å²) < 4.78 is 6.64. The number of nitrogens with one attached hydrogen (secondary N) is 1. The van der Waals surface area contributed by atoms with Gasteiger partial charge in [-0.15, -0.1) is 24.8 Å². The van der Waals surface area contributed by atoms with Crippen LogP contribution in [-0.2, 0) is 29.0 Å². The quantitative estimate of drug-likeness (QED) is 0.838. The lowest BCUT2D eigenvalue weighted by Crippen LogP contribution is -2.26. The molecule has 2 rings (SSSR count). The number of aromatic nitrogens is 2. The summed E-state index contributed by atoms with van der Waals surface area (Å²) in [6.45, 7) is 4.24. The maximum absolute atomic E-state index is 11.3. The normalized spacial score (nSPS) is 13.0. The Morgan fingerprint density at radius 1 is 1.59 bits per heavy atom. The Morgan fingerprint density at radius 3 is 3.06 bits per heavy atom. The summed E-state index contributed by atoms with van der Waals surface area (Å²) in [6.07, 6.45) is 2.75. The second-order valence-electron chi connectivity index (χ2n) is 3.51. The van der Waals surface area contributed by atoms with Gasteiger partial charge in [0.25, 0.3) is 0 Å². The monoisotopic (exact) mass is 281 g/mol. The maximum atomic E-state index is 11.3. The van der Waals surface area contributed by atoms with Crippen molar-refractivity contribution in [2.75, 3.05) is 13.2 Å². The van der Waals surface area contributed by atoms with Crippen LogP contribution in [0.4, 0.5) is 0 Å². The van der Waals surface area contributed by atoms with Gasteiger partial charge in [-0.25, -0.2) is 0 Å². The van der Waals surface area contributed by atoms with E-state index < -0.39 is 0 Å². The summed E-state index contributed by atoms with van der Waals surface area (Å²) in [5.74, 6) is -0.220. The average molecular weight is 282 g/mol. The molecular formula is C10H17Cl2N3O2. The number of hydrogen-bond donors (Lipinski definition) is 1. The number of ether oxygens (including phenoxy) is 1. The molecule has 1 N–H and O–H groups in total. The van der Waals surface area contributed by atoms with Crippen molar-refractivity contribution in [3.63, 3.8) is 0 Å². The van der Waals surface area contributed by atoms with Crippen molar-refractivity contribution in [2.24, 2.45) is 0 Å². The molecule has 5 nitrogen and oxygen atoms in total. The standard InChI is InChI=1S/C10H15N3O2.2ClH/c1-2-15-10(14)7-13-9-3-4-11-5-8(9)6-12-13;;/h6,11H,2-5,7H2,1H3;2*1H. The highest BCUT2D eigenvalue weighted by atomic mass is 35.5. The molecule has 1 aliphatic rings. The lowest BCUT2D eigenvalue weighted by Gasteiger charge is -2.14. The van der Waals surface area contributed by atoms with Gasteiger partial charge in [0, 0.05) is 30.8 Å². The molecule has 0 bridgehead atoms. The molecule has 0 aliphatic carbocycles. The fourth-order valence-electron chi connectivity index (χ4n) is 1.78. The molecule has 0 radical (unpaired) electrons. The predicted octanol–water partition coefficient (Wildman–Crippen LogP) is 0.935. The Labute approximate surface area is 113 Å². The van der Waals surface area contributed by atoms with Crippen LogP contribution in [0.2, 0.25) is 0 Å². The highest BCUT2D eigenvalue weighted by molar-refractivity contribution is 5.85. The topological polar surface area (TPSA) is 56.2 Å². The largest absolute Gasteiger partial charge is 0.465 e. The fourth-order valence-corrected chi connectivity index (χ4v) is 1.78. The molecule has 17 heavy (non-hydrogen) atoms. The molecule has 7 heteroatoms. The van der Waals surface area contributed by atoms with Crippen molar-refractivity contribution in [1.82, 2.24) is 15.1 Å². The van der Waals surface area contributed by atoms with E-state index >= 15 is 0 Å². The maximum Gasteiger partial charge on any atom is 0.327 e. The van der Waals surface area contributed by atoms with Gasteiger partial charge in [-0.2, -0.15) is 5.10 Å². The number of fused-ring (bicyclic) bond motifs is 1. The number of esters is 1. The molecule has 2 heterocycles. The molecule has 0 fully saturated rings. The first-order valence-corrected chi connectivity index (χ1v) is 5.21. The fraction of sp³-hybridized carbons (Fsp3) is 0.600. The third kappa shape index (κ3) is 3.87. The Kier molecular flexibility index (Phi) is 7.18. The SMILES string of the molecule is CCOC(=O)Cn1ncc2c1CCNC2.Cl.Cl. The van der Waals surface area contributed by atoms with E-state index in [-0.39, 0.29) is 37.3 Å². The van der Waals surface area contributed by atoms with Crippen LogP contribution < -0.4 is 5.32 Å². The molecule has 98 valence electrons. The van der Waals surface area contributed by atoms with Crippen LogP contribution in [0.25, 0.3) is 0 Å². The second kappa shape index (κ2) is 7.53. The number of hydrogen-bond acceptors (Lipinski definition) is 4. The molecule has 0 atom stereocenters. The van der Waals surface area contributed by atoms with E-state index in [0.29, 0.717) is 6.61 Å². The van der Waals surface area contributed by atoms with Gasteiger partial charge >= 0.3 is 5.97 Å². The smallest absolute Gasteiger partial charge is 0.327 e. The zero-order valence-electron chi connectivity index (χ0n) is 9.64. The van der Waals surface area contributed by atoms with Crippen molar-refractivity contribution in [2.45, 2.75) is 26.4 Å². The van der Waals surface area contributed by atoms with Crippen molar-refractivity contribution in [3.05, 3.63) is 17.5 Å². The number of nitrogens with zero attached hydrogens (tertiary/aromatic N) is 2. The van der Waals surface area contributed by atoms with E-state index in [1.54, 1.807) is 11.6 Å². The molecule has 1 aromatic rings. The zero-order valence-corrected chi connectivity index (χ0v) is 11.3. The first-order chi connectivity index (χ1) is 7.31. The van der Waals surface area contributed by atoms with Crippen LogP contribution in [0.3, 0.4) is 0 Å². The van der Waals surface area contributed by atoms with Gasteiger partial charge in [0.15, 0.2) is 0 Å². The van der Waals surface area contributed by atoms with Crippen LogP contribution in [0, 0.1) is 0 Å². The zero-order chi connectivity index (χ0) is 10.7. The summed E-state index contributed by atoms with van der Waals surface area (Å²) in [4.78, 5) is 11.3. The summed E-state index contributed by atoms with van der Waals surface area (Å²) >= 11 is 0. The lowest BCUT2D eigenvalue weighted by molar-refractivity contribution is -0.144. The van der Waals surface area contributed by atoms with Gasteiger partial charge < -0.3 is 10.1 Å². The second-order valence-corrected chi connectivity index (χ2v) is 3.51. The third-order valence-corrected chi connectivity index (χ3v) is 2.47. The summed E-state index contributed by atoms with van der Waals surface area (Å²) in [7, 11) is 0. The molecule has 1 aliphatic heterocycles. The van der Waals surface area contributed by atoms with Crippen molar-refractivity contribution >= 4 is 30.8 Å². The van der Waals surface area contributed by atoms with Crippen LogP contribution >= 0.6 is 24.8 Å². The minimum atomic E-state index is -0.220. The molecule has 0 amide bonds. The van der Waals surface area contributed by atoms with Crippen molar-refractivity contribution in [1.29, 1.82) is 0 Å². The number of carbonyl (C=O) groups excluding carboxylic acids is 1. The first kappa shape index (κ1) is 16.2. The van der Waals surface area contributed by atoms with E-state index in [9.17, 15) is 4.79 Å². The highest BCUT2D eigenvalue weighted by Gasteiger charge is 2.16. The Hall–Kier alpha value is -0.780. The highest BCUT2D eigenvalue weighted by Crippen LogP contribution is 2.12.